The summed E-state index contributed by atoms with van der Waals surface area (Å²) in [6.07, 6.45) is 46.0. The van der Waals surface area contributed by atoms with E-state index in [2.05, 4.69) is 106 Å². The van der Waals surface area contributed by atoms with Crippen molar-refractivity contribution in [2.45, 2.75) is 155 Å². The Labute approximate surface area is 299 Å². The lowest BCUT2D eigenvalue weighted by Crippen LogP contribution is -2.30. The summed E-state index contributed by atoms with van der Waals surface area (Å²) in [4.78, 5) is 37.3. The summed E-state index contributed by atoms with van der Waals surface area (Å²) in [7, 11) is 0. The molecule has 0 heterocycles. The highest BCUT2D eigenvalue weighted by atomic mass is 16.6. The molecule has 0 N–H and O–H groups in total. The number of unbranched alkanes of at least 4 members (excludes halogenated alkanes) is 7. The number of esters is 3. The molecule has 0 spiro atoms. The molecule has 276 valence electrons. The van der Waals surface area contributed by atoms with Crippen LogP contribution in [0, 0.1) is 0 Å². The molecule has 6 nitrogen and oxygen atoms in total. The summed E-state index contributed by atoms with van der Waals surface area (Å²) in [6, 6.07) is 0. The second-order valence-electron chi connectivity index (χ2n) is 12.1. The van der Waals surface area contributed by atoms with Crippen molar-refractivity contribution in [2.24, 2.45) is 0 Å². The minimum atomic E-state index is -0.829. The molecule has 0 radical (unpaired) electrons. The maximum atomic E-state index is 12.6. The number of allylic oxidation sites excluding steroid dienone is 14. The quantitative estimate of drug-likeness (QED) is 0.0304. The first-order valence-corrected chi connectivity index (χ1v) is 19.1. The van der Waals surface area contributed by atoms with E-state index in [-0.39, 0.29) is 44.4 Å². The van der Waals surface area contributed by atoms with Crippen LogP contribution in [-0.2, 0) is 28.6 Å². The van der Waals surface area contributed by atoms with E-state index >= 15 is 0 Å². The minimum Gasteiger partial charge on any atom is -0.462 e. The van der Waals surface area contributed by atoms with Crippen molar-refractivity contribution in [1.29, 1.82) is 0 Å². The first-order chi connectivity index (χ1) is 24.0. The number of rotatable bonds is 32. The Morgan fingerprint density at radius 3 is 1.22 bits per heavy atom. The van der Waals surface area contributed by atoms with Gasteiger partial charge in [0.15, 0.2) is 6.10 Å². The van der Waals surface area contributed by atoms with Crippen LogP contribution in [0.3, 0.4) is 0 Å². The number of carbonyl (C=O) groups is 3. The third kappa shape index (κ3) is 35.7. The molecule has 0 fully saturated rings. The molecule has 0 aromatic heterocycles. The van der Waals surface area contributed by atoms with Crippen molar-refractivity contribution in [2.75, 3.05) is 13.2 Å². The minimum absolute atomic E-state index is 0.130. The number of carbonyl (C=O) groups excluding carboxylic acids is 3. The molecule has 49 heavy (non-hydrogen) atoms. The first kappa shape index (κ1) is 45.6. The molecule has 0 aliphatic carbocycles. The number of hydrogen-bond donors (Lipinski definition) is 0. The lowest BCUT2D eigenvalue weighted by molar-refractivity contribution is -0.166. The van der Waals surface area contributed by atoms with Crippen LogP contribution < -0.4 is 0 Å². The van der Waals surface area contributed by atoms with Gasteiger partial charge in [-0.1, -0.05) is 125 Å². The van der Waals surface area contributed by atoms with Crippen LogP contribution in [0.25, 0.3) is 0 Å². The fourth-order valence-corrected chi connectivity index (χ4v) is 4.55. The smallest absolute Gasteiger partial charge is 0.306 e. The van der Waals surface area contributed by atoms with Crippen LogP contribution in [0.4, 0.5) is 0 Å². The summed E-state index contributed by atoms with van der Waals surface area (Å²) in [6.45, 7) is 6.19. The first-order valence-electron chi connectivity index (χ1n) is 19.1. The summed E-state index contributed by atoms with van der Waals surface area (Å²) >= 11 is 0. The van der Waals surface area contributed by atoms with Crippen molar-refractivity contribution in [3.63, 3.8) is 0 Å². The van der Waals surface area contributed by atoms with Gasteiger partial charge in [-0.2, -0.15) is 0 Å². The van der Waals surface area contributed by atoms with Crippen molar-refractivity contribution in [3.8, 4) is 0 Å². The zero-order chi connectivity index (χ0) is 35.9. The Kier molecular flexibility index (Phi) is 34.8. The normalized spacial score (nSPS) is 13.0. The van der Waals surface area contributed by atoms with Gasteiger partial charge in [0, 0.05) is 19.3 Å². The van der Waals surface area contributed by atoms with E-state index in [9.17, 15) is 14.4 Å². The van der Waals surface area contributed by atoms with Gasteiger partial charge in [-0.3, -0.25) is 14.4 Å². The van der Waals surface area contributed by atoms with Crippen LogP contribution in [0.5, 0.6) is 0 Å². The van der Waals surface area contributed by atoms with Gasteiger partial charge in [0.05, 0.1) is 0 Å². The van der Waals surface area contributed by atoms with Crippen molar-refractivity contribution in [3.05, 3.63) is 85.1 Å². The van der Waals surface area contributed by atoms with E-state index in [0.717, 1.165) is 64.2 Å². The van der Waals surface area contributed by atoms with E-state index in [1.54, 1.807) is 0 Å². The maximum absolute atomic E-state index is 12.6. The number of hydrogen-bond acceptors (Lipinski definition) is 6. The maximum Gasteiger partial charge on any atom is 0.306 e. The predicted molar refractivity (Wildman–Crippen MR) is 205 cm³/mol. The Bertz CT molecular complexity index is 1010. The van der Waals surface area contributed by atoms with Crippen molar-refractivity contribution in [1.82, 2.24) is 0 Å². The van der Waals surface area contributed by atoms with E-state index < -0.39 is 12.1 Å². The fraction of sp³-hybridized carbons (Fsp3) is 0.605. The zero-order valence-corrected chi connectivity index (χ0v) is 31.2. The van der Waals surface area contributed by atoms with E-state index in [0.29, 0.717) is 19.3 Å². The van der Waals surface area contributed by atoms with E-state index in [4.69, 9.17) is 14.2 Å². The molecule has 0 amide bonds. The van der Waals surface area contributed by atoms with Gasteiger partial charge in [-0.15, -0.1) is 0 Å². The summed E-state index contributed by atoms with van der Waals surface area (Å²) in [5.74, 6) is -1.09. The molecular formula is C43H68O6. The van der Waals surface area contributed by atoms with Crippen LogP contribution >= 0.6 is 0 Å². The second kappa shape index (κ2) is 37.4. The molecule has 0 aromatic carbocycles. The van der Waals surface area contributed by atoms with Crippen LogP contribution in [0.1, 0.15) is 149 Å². The second-order valence-corrected chi connectivity index (χ2v) is 12.1. The van der Waals surface area contributed by atoms with Crippen LogP contribution in [0.15, 0.2) is 85.1 Å². The van der Waals surface area contributed by atoms with Crippen LogP contribution in [-0.4, -0.2) is 37.2 Å². The SMILES string of the molecule is CC/C=C\C/C=C\C/C=C\CCCC(=O)OCC(COC(=O)CCC/C=C\CCCCCC)OC(=O)CCC/C=C\C/C=C\C/C=C\CC. The predicted octanol–water partition coefficient (Wildman–Crippen LogP) is 11.7. The van der Waals surface area contributed by atoms with Gasteiger partial charge in [-0.25, -0.2) is 0 Å². The molecule has 0 bridgehead atoms. The molecule has 0 saturated heterocycles. The summed E-state index contributed by atoms with van der Waals surface area (Å²) in [5.41, 5.74) is 0. The van der Waals surface area contributed by atoms with Gasteiger partial charge >= 0.3 is 17.9 Å². The van der Waals surface area contributed by atoms with E-state index in [1.807, 2.05) is 0 Å². The molecular weight excluding hydrogens is 612 g/mol. The molecule has 1 atom stereocenters. The average molecular weight is 681 g/mol. The van der Waals surface area contributed by atoms with Gasteiger partial charge in [-0.05, 0) is 89.9 Å². The monoisotopic (exact) mass is 681 g/mol. The van der Waals surface area contributed by atoms with Crippen molar-refractivity contribution < 1.29 is 28.6 Å². The number of ether oxygens (including phenoxy) is 3. The fourth-order valence-electron chi connectivity index (χ4n) is 4.55. The third-order valence-electron chi connectivity index (χ3n) is 7.36. The van der Waals surface area contributed by atoms with Crippen molar-refractivity contribution >= 4 is 17.9 Å². The van der Waals surface area contributed by atoms with Gasteiger partial charge in [0.2, 0.25) is 0 Å². The molecule has 6 heteroatoms. The van der Waals surface area contributed by atoms with Crippen LogP contribution in [0.2, 0.25) is 0 Å². The Morgan fingerprint density at radius 2 is 0.796 bits per heavy atom. The molecule has 0 aliphatic rings. The third-order valence-corrected chi connectivity index (χ3v) is 7.36. The lowest BCUT2D eigenvalue weighted by atomic mass is 10.1. The largest absolute Gasteiger partial charge is 0.462 e. The van der Waals surface area contributed by atoms with Gasteiger partial charge in [0.1, 0.15) is 13.2 Å². The van der Waals surface area contributed by atoms with Gasteiger partial charge < -0.3 is 14.2 Å². The topological polar surface area (TPSA) is 78.9 Å². The molecule has 0 rings (SSSR count). The zero-order valence-electron chi connectivity index (χ0n) is 31.2. The Hall–Kier alpha value is -3.41. The summed E-state index contributed by atoms with van der Waals surface area (Å²) in [5, 5.41) is 0. The molecule has 0 aliphatic heterocycles. The Balaban J connectivity index is 4.59. The summed E-state index contributed by atoms with van der Waals surface area (Å²) < 4.78 is 16.4. The lowest BCUT2D eigenvalue weighted by Gasteiger charge is -2.18. The van der Waals surface area contributed by atoms with E-state index in [1.165, 1.54) is 25.7 Å². The standard InChI is InChI=1S/C43H68O6/c1-4-7-10-13-16-19-21-24-27-30-33-36-42(45)48-39-40(38-47-41(44)35-32-29-26-23-18-15-12-9-6-3)49-43(46)37-34-31-28-25-22-20-17-14-11-8-5-2/h7-8,10-11,16-17,19-20,23-28,40H,4-6,9,12-15,18,21-22,29-39H2,1-3H3/b10-7-,11-8-,19-16-,20-17-,26-23-,27-24-,28-25-. The average Bonchev–Trinajstić information content (AvgIpc) is 3.10. The highest BCUT2D eigenvalue weighted by molar-refractivity contribution is 5.71. The highest BCUT2D eigenvalue weighted by Gasteiger charge is 2.19. The highest BCUT2D eigenvalue weighted by Crippen LogP contribution is 2.09. The van der Waals surface area contributed by atoms with Gasteiger partial charge in [0.25, 0.3) is 0 Å². The molecule has 0 aromatic rings. The molecule has 1 unspecified atom stereocenters. The Morgan fingerprint density at radius 1 is 0.429 bits per heavy atom. The molecule has 0 saturated carbocycles.